The van der Waals surface area contributed by atoms with Gasteiger partial charge in [-0.1, -0.05) is 12.1 Å². The molecule has 2 aromatic carbocycles. The molecule has 0 fully saturated rings. The molecule has 6 nitrogen and oxygen atoms in total. The molecule has 2 aromatic rings. The summed E-state index contributed by atoms with van der Waals surface area (Å²) in [4.78, 5) is 12.3. The van der Waals surface area contributed by atoms with Crippen molar-refractivity contribution in [2.75, 3.05) is 38.8 Å². The molecule has 0 aromatic heterocycles. The summed E-state index contributed by atoms with van der Waals surface area (Å²) in [6.45, 7) is 2.32. The Labute approximate surface area is 147 Å². The van der Waals surface area contributed by atoms with Crippen LogP contribution in [0.15, 0.2) is 48.5 Å². The molecule has 6 heteroatoms. The van der Waals surface area contributed by atoms with E-state index in [0.29, 0.717) is 37.6 Å². The Morgan fingerprint density at radius 1 is 1.12 bits per heavy atom. The Morgan fingerprint density at radius 3 is 2.64 bits per heavy atom. The third kappa shape index (κ3) is 6.54. The molecular formula is C19H24N2O4. The Hall–Kier alpha value is -2.41. The van der Waals surface area contributed by atoms with E-state index < -0.39 is 0 Å². The molecule has 134 valence electrons. The van der Waals surface area contributed by atoms with E-state index in [2.05, 4.69) is 10.6 Å². The molecule has 0 aliphatic carbocycles. The number of methoxy groups -OCH3 is 1. The number of carbonyl (C=O) groups is 1. The maximum atomic E-state index is 12.3. The van der Waals surface area contributed by atoms with Gasteiger partial charge in [-0.25, -0.2) is 0 Å². The summed E-state index contributed by atoms with van der Waals surface area (Å²) in [5.41, 5.74) is 2.39. The van der Waals surface area contributed by atoms with Crippen LogP contribution in [0.2, 0.25) is 0 Å². The summed E-state index contributed by atoms with van der Waals surface area (Å²) in [6.07, 6.45) is 0. The maximum absolute atomic E-state index is 12.3. The first-order valence-corrected chi connectivity index (χ1v) is 8.16. The highest BCUT2D eigenvalue weighted by molar-refractivity contribution is 6.04. The van der Waals surface area contributed by atoms with Crippen molar-refractivity contribution in [2.45, 2.75) is 6.54 Å². The fraction of sp³-hybridized carbons (Fsp3) is 0.316. The fourth-order valence-corrected chi connectivity index (χ4v) is 2.25. The number of aliphatic hydroxyl groups excluding tert-OH is 1. The smallest absolute Gasteiger partial charge is 0.255 e. The van der Waals surface area contributed by atoms with Crippen LogP contribution in [0.3, 0.4) is 0 Å². The first kappa shape index (κ1) is 18.9. The number of ether oxygens (including phenoxy) is 2. The minimum absolute atomic E-state index is 0.0376. The number of amides is 1. The summed E-state index contributed by atoms with van der Waals surface area (Å²) in [7, 11) is 1.59. The van der Waals surface area contributed by atoms with Crippen LogP contribution in [0.1, 0.15) is 15.9 Å². The highest BCUT2D eigenvalue weighted by atomic mass is 16.5. The van der Waals surface area contributed by atoms with Crippen molar-refractivity contribution < 1.29 is 19.4 Å². The van der Waals surface area contributed by atoms with Crippen LogP contribution >= 0.6 is 0 Å². The van der Waals surface area contributed by atoms with Crippen molar-refractivity contribution in [1.82, 2.24) is 5.32 Å². The summed E-state index contributed by atoms with van der Waals surface area (Å²) in [5.74, 6) is 0.553. The average Bonchev–Trinajstić information content (AvgIpc) is 2.65. The van der Waals surface area contributed by atoms with E-state index >= 15 is 0 Å². The van der Waals surface area contributed by atoms with Crippen LogP contribution in [0.4, 0.5) is 5.69 Å². The second kappa shape index (κ2) is 10.5. The van der Waals surface area contributed by atoms with Gasteiger partial charge in [0.25, 0.3) is 5.91 Å². The van der Waals surface area contributed by atoms with E-state index in [4.69, 9.17) is 14.6 Å². The molecule has 0 radical (unpaired) electrons. The highest BCUT2D eigenvalue weighted by Gasteiger charge is 2.06. The van der Waals surface area contributed by atoms with Crippen LogP contribution in [-0.4, -0.2) is 44.5 Å². The molecule has 0 aliphatic heterocycles. The molecule has 2 rings (SSSR count). The van der Waals surface area contributed by atoms with E-state index in [1.165, 1.54) is 0 Å². The van der Waals surface area contributed by atoms with Crippen LogP contribution in [0.5, 0.6) is 5.75 Å². The largest absolute Gasteiger partial charge is 0.497 e. The van der Waals surface area contributed by atoms with E-state index in [9.17, 15) is 4.79 Å². The highest BCUT2D eigenvalue weighted by Crippen LogP contribution is 2.15. The van der Waals surface area contributed by atoms with Gasteiger partial charge < -0.3 is 25.2 Å². The number of hydrogen-bond donors (Lipinski definition) is 3. The van der Waals surface area contributed by atoms with Gasteiger partial charge in [-0.3, -0.25) is 4.79 Å². The van der Waals surface area contributed by atoms with Gasteiger partial charge in [0.2, 0.25) is 0 Å². The monoisotopic (exact) mass is 344 g/mol. The number of rotatable bonds is 10. The third-order valence-corrected chi connectivity index (χ3v) is 3.52. The van der Waals surface area contributed by atoms with Crippen LogP contribution in [-0.2, 0) is 11.3 Å². The van der Waals surface area contributed by atoms with Gasteiger partial charge in [-0.15, -0.1) is 0 Å². The Bertz CT molecular complexity index is 659. The van der Waals surface area contributed by atoms with Crippen molar-refractivity contribution in [1.29, 1.82) is 0 Å². The number of benzene rings is 2. The van der Waals surface area contributed by atoms with Crippen molar-refractivity contribution in [3.05, 3.63) is 59.7 Å². The normalized spacial score (nSPS) is 10.5. The van der Waals surface area contributed by atoms with Crippen LogP contribution in [0, 0.1) is 0 Å². The minimum atomic E-state index is -0.162. The molecule has 0 bridgehead atoms. The molecular weight excluding hydrogens is 320 g/mol. The predicted molar refractivity (Wildman–Crippen MR) is 97.0 cm³/mol. The standard InChI is InChI=1S/C19H24N2O4/c1-24-18-7-5-16(6-8-18)19(23)21-17-4-2-3-15(13-17)14-20-9-11-25-12-10-22/h2-8,13,20,22H,9-12,14H2,1H3,(H,21,23). The molecule has 1 amide bonds. The van der Waals surface area contributed by atoms with Gasteiger partial charge in [0.1, 0.15) is 5.75 Å². The number of nitrogens with one attached hydrogen (secondary N) is 2. The van der Waals surface area contributed by atoms with Crippen molar-refractivity contribution in [3.63, 3.8) is 0 Å². The van der Waals surface area contributed by atoms with Gasteiger partial charge in [0.05, 0.1) is 26.9 Å². The lowest BCUT2D eigenvalue weighted by atomic mass is 10.1. The molecule has 0 saturated heterocycles. The lowest BCUT2D eigenvalue weighted by Crippen LogP contribution is -2.20. The van der Waals surface area contributed by atoms with E-state index in [-0.39, 0.29) is 12.5 Å². The fourth-order valence-electron chi connectivity index (χ4n) is 2.25. The quantitative estimate of drug-likeness (QED) is 0.575. The first-order chi connectivity index (χ1) is 12.2. The number of hydrogen-bond acceptors (Lipinski definition) is 5. The zero-order valence-corrected chi connectivity index (χ0v) is 14.3. The molecule has 0 spiro atoms. The Morgan fingerprint density at radius 2 is 1.92 bits per heavy atom. The second-order valence-electron chi connectivity index (χ2n) is 5.40. The molecule has 0 unspecified atom stereocenters. The molecule has 0 aliphatic rings. The van der Waals surface area contributed by atoms with Gasteiger partial charge in [-0.2, -0.15) is 0 Å². The molecule has 0 heterocycles. The van der Waals surface area contributed by atoms with Crippen LogP contribution in [0.25, 0.3) is 0 Å². The summed E-state index contributed by atoms with van der Waals surface area (Å²) in [6, 6.07) is 14.7. The molecule has 3 N–H and O–H groups in total. The number of aliphatic hydroxyl groups is 1. The Kier molecular flexibility index (Phi) is 7.91. The minimum Gasteiger partial charge on any atom is -0.497 e. The molecule has 0 saturated carbocycles. The van der Waals surface area contributed by atoms with Crippen LogP contribution < -0.4 is 15.4 Å². The first-order valence-electron chi connectivity index (χ1n) is 8.16. The van der Waals surface area contributed by atoms with E-state index in [0.717, 1.165) is 11.3 Å². The SMILES string of the molecule is COc1ccc(C(=O)Nc2cccc(CNCCOCCO)c2)cc1. The third-order valence-electron chi connectivity index (χ3n) is 3.52. The van der Waals surface area contributed by atoms with Gasteiger partial charge in [0.15, 0.2) is 0 Å². The lowest BCUT2D eigenvalue weighted by Gasteiger charge is -2.09. The van der Waals surface area contributed by atoms with Crippen molar-refractivity contribution in [3.8, 4) is 5.75 Å². The lowest BCUT2D eigenvalue weighted by molar-refractivity contribution is 0.0938. The predicted octanol–water partition coefficient (Wildman–Crippen LogP) is 2.05. The molecule has 25 heavy (non-hydrogen) atoms. The number of anilines is 1. The van der Waals surface area contributed by atoms with E-state index in [1.54, 1.807) is 31.4 Å². The zero-order chi connectivity index (χ0) is 17.9. The average molecular weight is 344 g/mol. The molecule has 0 atom stereocenters. The van der Waals surface area contributed by atoms with Gasteiger partial charge in [0, 0.05) is 24.3 Å². The van der Waals surface area contributed by atoms with Crippen molar-refractivity contribution in [2.24, 2.45) is 0 Å². The van der Waals surface area contributed by atoms with Crippen molar-refractivity contribution >= 4 is 11.6 Å². The Balaban J connectivity index is 1.84. The second-order valence-corrected chi connectivity index (χ2v) is 5.40. The summed E-state index contributed by atoms with van der Waals surface area (Å²) < 4.78 is 10.3. The van der Waals surface area contributed by atoms with Gasteiger partial charge in [-0.05, 0) is 42.0 Å². The number of carbonyl (C=O) groups excluding carboxylic acids is 1. The zero-order valence-electron chi connectivity index (χ0n) is 14.3. The van der Waals surface area contributed by atoms with E-state index in [1.807, 2.05) is 24.3 Å². The topological polar surface area (TPSA) is 79.8 Å². The van der Waals surface area contributed by atoms with Gasteiger partial charge >= 0.3 is 0 Å². The summed E-state index contributed by atoms with van der Waals surface area (Å²) in [5, 5.41) is 14.8. The maximum Gasteiger partial charge on any atom is 0.255 e. The summed E-state index contributed by atoms with van der Waals surface area (Å²) >= 11 is 0.